The molecule has 0 heterocycles. The summed E-state index contributed by atoms with van der Waals surface area (Å²) in [6.07, 6.45) is 6.68. The van der Waals surface area contributed by atoms with Gasteiger partial charge in [0.05, 0.1) is 18.0 Å². The van der Waals surface area contributed by atoms with E-state index in [0.29, 0.717) is 0 Å². The SMILES string of the molecule is C=C/C(NS(C)(=O)=O)=C(/Cl)N=C[C@H](C#N)C=N/C(C)=C/C. The molecule has 0 rings (SSSR count). The van der Waals surface area contributed by atoms with Crippen LogP contribution in [0.25, 0.3) is 0 Å². The fraction of sp³-hybridized carbons (Fsp3) is 0.308. The summed E-state index contributed by atoms with van der Waals surface area (Å²) in [6.45, 7) is 7.06. The second kappa shape index (κ2) is 9.10. The molecule has 21 heavy (non-hydrogen) atoms. The van der Waals surface area contributed by atoms with Crippen LogP contribution in [0.4, 0.5) is 0 Å². The largest absolute Gasteiger partial charge is 0.281 e. The maximum Gasteiger partial charge on any atom is 0.229 e. The maximum absolute atomic E-state index is 11.1. The van der Waals surface area contributed by atoms with Crippen molar-refractivity contribution in [2.24, 2.45) is 15.9 Å². The predicted molar refractivity (Wildman–Crippen MR) is 86.6 cm³/mol. The summed E-state index contributed by atoms with van der Waals surface area (Å²) in [5.41, 5.74) is 0.796. The topological polar surface area (TPSA) is 94.7 Å². The summed E-state index contributed by atoms with van der Waals surface area (Å²) in [5, 5.41) is 8.85. The average Bonchev–Trinajstić information content (AvgIpc) is 2.43. The van der Waals surface area contributed by atoms with E-state index in [2.05, 4.69) is 21.3 Å². The Kier molecular flexibility index (Phi) is 8.28. The molecule has 0 spiro atoms. The molecule has 0 fully saturated rings. The van der Waals surface area contributed by atoms with Gasteiger partial charge in [-0.05, 0) is 19.9 Å². The summed E-state index contributed by atoms with van der Waals surface area (Å²) < 4.78 is 24.4. The van der Waals surface area contributed by atoms with E-state index in [1.165, 1.54) is 18.5 Å². The van der Waals surface area contributed by atoms with E-state index >= 15 is 0 Å². The molecule has 0 unspecified atom stereocenters. The first-order valence-electron chi connectivity index (χ1n) is 5.84. The van der Waals surface area contributed by atoms with E-state index < -0.39 is 15.9 Å². The fourth-order valence-electron chi connectivity index (χ4n) is 0.961. The first-order chi connectivity index (χ1) is 9.73. The van der Waals surface area contributed by atoms with Gasteiger partial charge in [-0.25, -0.2) is 13.4 Å². The average molecular weight is 329 g/mol. The third-order valence-electron chi connectivity index (χ3n) is 2.08. The van der Waals surface area contributed by atoms with Gasteiger partial charge in [0.25, 0.3) is 0 Å². The van der Waals surface area contributed by atoms with Crippen molar-refractivity contribution in [1.82, 2.24) is 4.72 Å². The Balaban J connectivity index is 5.18. The highest BCUT2D eigenvalue weighted by atomic mass is 35.5. The lowest BCUT2D eigenvalue weighted by molar-refractivity contribution is 0.595. The standard InChI is InChI=1S/C13H17ClN4O2S/c1-5-10(3)16-8-11(7-15)9-17-13(14)12(6-2)18-21(4,19)20/h5-6,8-9,11,18H,2H2,1,3-4H3/b10-5+,13-12+,16-8?,17-9?/t11-/m1/s1. The number of halogens is 1. The van der Waals surface area contributed by atoms with Crippen molar-refractivity contribution in [1.29, 1.82) is 5.26 Å². The Morgan fingerprint density at radius 2 is 2.00 bits per heavy atom. The molecule has 0 radical (unpaired) electrons. The Labute approximate surface area is 130 Å². The second-order valence-electron chi connectivity index (χ2n) is 3.92. The molecule has 8 heteroatoms. The van der Waals surface area contributed by atoms with Crippen molar-refractivity contribution in [2.75, 3.05) is 6.26 Å². The maximum atomic E-state index is 11.1. The number of hydrogen-bond donors (Lipinski definition) is 1. The number of allylic oxidation sites excluding steroid dienone is 3. The molecule has 0 aromatic carbocycles. The van der Waals surface area contributed by atoms with Crippen molar-refractivity contribution >= 4 is 34.1 Å². The van der Waals surface area contributed by atoms with Crippen LogP contribution in [0, 0.1) is 17.2 Å². The molecule has 0 bridgehead atoms. The van der Waals surface area contributed by atoms with E-state index in [0.717, 1.165) is 12.0 Å². The molecular weight excluding hydrogens is 312 g/mol. The Bertz CT molecular complexity index is 640. The van der Waals surface area contributed by atoms with Crippen molar-refractivity contribution in [3.8, 4) is 6.07 Å². The van der Waals surface area contributed by atoms with Gasteiger partial charge in [-0.3, -0.25) is 9.71 Å². The molecule has 114 valence electrons. The number of nitrogens with one attached hydrogen (secondary N) is 1. The minimum Gasteiger partial charge on any atom is -0.281 e. The first-order valence-corrected chi connectivity index (χ1v) is 8.11. The normalized spacial score (nSPS) is 15.7. The van der Waals surface area contributed by atoms with Gasteiger partial charge in [0.2, 0.25) is 10.0 Å². The van der Waals surface area contributed by atoms with Crippen molar-refractivity contribution in [3.63, 3.8) is 0 Å². The smallest absolute Gasteiger partial charge is 0.229 e. The quantitative estimate of drug-likeness (QED) is 0.441. The number of hydrogen-bond acceptors (Lipinski definition) is 5. The third kappa shape index (κ3) is 8.78. The number of sulfonamides is 1. The number of rotatable bonds is 7. The number of nitriles is 1. The van der Waals surface area contributed by atoms with Crippen LogP contribution in [0.15, 0.2) is 45.3 Å². The lowest BCUT2D eigenvalue weighted by Crippen LogP contribution is -2.20. The van der Waals surface area contributed by atoms with Crippen LogP contribution in [0.2, 0.25) is 0 Å². The number of nitrogens with zero attached hydrogens (tertiary/aromatic N) is 3. The van der Waals surface area contributed by atoms with Gasteiger partial charge < -0.3 is 0 Å². The van der Waals surface area contributed by atoms with Gasteiger partial charge in [0, 0.05) is 18.1 Å². The Morgan fingerprint density at radius 3 is 2.43 bits per heavy atom. The van der Waals surface area contributed by atoms with Gasteiger partial charge in [-0.15, -0.1) is 0 Å². The van der Waals surface area contributed by atoms with Gasteiger partial charge in [0.15, 0.2) is 5.16 Å². The zero-order valence-corrected chi connectivity index (χ0v) is 13.6. The van der Waals surface area contributed by atoms with E-state index in [-0.39, 0.29) is 10.9 Å². The second-order valence-corrected chi connectivity index (χ2v) is 6.03. The predicted octanol–water partition coefficient (Wildman–Crippen LogP) is 2.33. The summed E-state index contributed by atoms with van der Waals surface area (Å²) in [4.78, 5) is 7.89. The molecule has 0 aliphatic rings. The van der Waals surface area contributed by atoms with E-state index in [9.17, 15) is 8.42 Å². The molecule has 0 amide bonds. The Morgan fingerprint density at radius 1 is 1.43 bits per heavy atom. The Hall–Kier alpha value is -1.91. The third-order valence-corrected chi connectivity index (χ3v) is 2.97. The van der Waals surface area contributed by atoms with Crippen LogP contribution in [0.5, 0.6) is 0 Å². The van der Waals surface area contributed by atoms with Gasteiger partial charge in [-0.1, -0.05) is 24.3 Å². The monoisotopic (exact) mass is 328 g/mol. The molecule has 1 atom stereocenters. The molecule has 0 aromatic heterocycles. The molecule has 1 N–H and O–H groups in total. The molecule has 6 nitrogen and oxygen atoms in total. The van der Waals surface area contributed by atoms with E-state index in [1.807, 2.05) is 13.0 Å². The van der Waals surface area contributed by atoms with Gasteiger partial charge in [-0.2, -0.15) is 5.26 Å². The van der Waals surface area contributed by atoms with E-state index in [1.54, 1.807) is 13.0 Å². The molecular formula is C13H17ClN4O2S. The van der Waals surface area contributed by atoms with Crippen molar-refractivity contribution in [3.05, 3.63) is 35.3 Å². The van der Waals surface area contributed by atoms with Crippen LogP contribution in [0.3, 0.4) is 0 Å². The van der Waals surface area contributed by atoms with Crippen LogP contribution < -0.4 is 4.72 Å². The molecule has 0 saturated heterocycles. The van der Waals surface area contributed by atoms with Crippen molar-refractivity contribution < 1.29 is 8.42 Å². The van der Waals surface area contributed by atoms with E-state index in [4.69, 9.17) is 16.9 Å². The lowest BCUT2D eigenvalue weighted by atomic mass is 10.2. The minimum absolute atomic E-state index is 0.0358. The molecule has 0 aliphatic carbocycles. The highest BCUT2D eigenvalue weighted by Gasteiger charge is 2.07. The summed E-state index contributed by atoms with van der Waals surface area (Å²) in [6, 6.07) is 1.97. The van der Waals surface area contributed by atoms with Crippen LogP contribution in [-0.2, 0) is 10.0 Å². The van der Waals surface area contributed by atoms with Crippen molar-refractivity contribution in [2.45, 2.75) is 13.8 Å². The summed E-state index contributed by atoms with van der Waals surface area (Å²) >= 11 is 5.86. The van der Waals surface area contributed by atoms with Gasteiger partial charge >= 0.3 is 0 Å². The molecule has 0 aromatic rings. The first kappa shape index (κ1) is 19.1. The summed E-state index contributed by atoms with van der Waals surface area (Å²) in [5.74, 6) is -0.682. The van der Waals surface area contributed by atoms with Crippen LogP contribution in [0.1, 0.15) is 13.8 Å². The number of aliphatic imine (C=N–C) groups is 2. The van der Waals surface area contributed by atoms with Crippen LogP contribution >= 0.6 is 11.6 Å². The highest BCUT2D eigenvalue weighted by Crippen LogP contribution is 2.10. The summed E-state index contributed by atoms with van der Waals surface area (Å²) in [7, 11) is -3.49. The zero-order valence-electron chi connectivity index (χ0n) is 12.0. The minimum atomic E-state index is -3.49. The van der Waals surface area contributed by atoms with Crippen LogP contribution in [-0.4, -0.2) is 27.1 Å². The molecule has 0 aliphatic heterocycles. The highest BCUT2D eigenvalue weighted by molar-refractivity contribution is 7.88. The van der Waals surface area contributed by atoms with Gasteiger partial charge in [0.1, 0.15) is 5.92 Å². The lowest BCUT2D eigenvalue weighted by Gasteiger charge is -2.04. The fourth-order valence-corrected chi connectivity index (χ4v) is 1.78. The molecule has 0 saturated carbocycles. The zero-order chi connectivity index (χ0) is 16.5.